The summed E-state index contributed by atoms with van der Waals surface area (Å²) in [6.07, 6.45) is 0. The van der Waals surface area contributed by atoms with E-state index in [1.54, 1.807) is 0 Å². The van der Waals surface area contributed by atoms with Crippen molar-refractivity contribution in [3.8, 4) is 5.75 Å². The van der Waals surface area contributed by atoms with Gasteiger partial charge in [0.1, 0.15) is 31.6 Å². The van der Waals surface area contributed by atoms with Crippen molar-refractivity contribution in [3.05, 3.63) is 42.0 Å². The Hall–Kier alpha value is -0.390. The number of aliphatic hydroxyl groups is 2. The van der Waals surface area contributed by atoms with Crippen molar-refractivity contribution in [3.63, 3.8) is 0 Å². The van der Waals surface area contributed by atoms with Gasteiger partial charge in [-0.15, -0.1) is 10.2 Å². The summed E-state index contributed by atoms with van der Waals surface area (Å²) >= 11 is 0.143. The molecular formula is C26H26N8Na4O15S4. The van der Waals surface area contributed by atoms with Gasteiger partial charge in [0.15, 0.2) is 5.75 Å². The maximum absolute atomic E-state index is 12.2. The third-order valence-corrected chi connectivity index (χ3v) is 9.73. The van der Waals surface area contributed by atoms with Crippen LogP contribution >= 0.6 is 12.0 Å². The molecule has 288 valence electrons. The first-order valence-corrected chi connectivity index (χ1v) is 19.6. The summed E-state index contributed by atoms with van der Waals surface area (Å²) in [5.74, 6) is -2.79. The van der Waals surface area contributed by atoms with E-state index in [9.17, 15) is 59.5 Å². The van der Waals surface area contributed by atoms with Gasteiger partial charge in [0.2, 0.25) is 17.8 Å². The average molecular weight is 911 g/mol. The van der Waals surface area contributed by atoms with E-state index in [1.807, 2.05) is 0 Å². The van der Waals surface area contributed by atoms with Crippen LogP contribution in [0.4, 0.5) is 34.9 Å². The van der Waals surface area contributed by atoms with E-state index >= 15 is 0 Å². The summed E-state index contributed by atoms with van der Waals surface area (Å²) in [4.78, 5) is 11.7. The smallest absolute Gasteiger partial charge is 0.748 e. The number of aromatic nitrogens is 3. The Bertz CT molecular complexity index is 2360. The van der Waals surface area contributed by atoms with Crippen LogP contribution in [0.25, 0.3) is 10.8 Å². The fourth-order valence-electron chi connectivity index (χ4n) is 4.52. The molecule has 57 heavy (non-hydrogen) atoms. The molecule has 0 saturated heterocycles. The molecule has 0 aliphatic heterocycles. The van der Waals surface area contributed by atoms with Gasteiger partial charge >= 0.3 is 118 Å². The molecule has 0 fully saturated rings. The van der Waals surface area contributed by atoms with Crippen molar-refractivity contribution in [2.45, 2.75) is 21.6 Å². The number of azo groups is 1. The standard InChI is InChI=1S/C26H30N8O15S4.4Na/c1-14-2-3-17(20(10-14)53(45,46)47)32-33-22-19(50-49-48-38)12-15-11-16(52(42,43)44)13-18(21(15)23(22)37)28-25-29-24(27-4-9-51(39,40)41)30-26(31-25)34(5-7-35)6-8-36;;;;/h2-3,10-13,35-38H,4-9H2,1H3,(H,39,40,41)(H,42,43,44)(H,45,46,47)(H2,27,28,29,30,31);;;;/q;4*+1/p-4. The third-order valence-electron chi connectivity index (χ3n) is 6.73. The predicted molar refractivity (Wildman–Crippen MR) is 177 cm³/mol. The third kappa shape index (κ3) is 16.4. The van der Waals surface area contributed by atoms with Crippen molar-refractivity contribution in [1.82, 2.24) is 15.0 Å². The summed E-state index contributed by atoms with van der Waals surface area (Å²) in [5.41, 5.74) is -1.02. The maximum atomic E-state index is 12.2. The molecule has 5 N–H and O–H groups in total. The van der Waals surface area contributed by atoms with E-state index < -0.39 is 94.4 Å². The largest absolute Gasteiger partial charge is 1.00 e. The fourth-order valence-corrected chi connectivity index (χ4v) is 6.60. The zero-order chi connectivity index (χ0) is 39.1. The van der Waals surface area contributed by atoms with Crippen LogP contribution in [-0.2, 0) is 39.7 Å². The van der Waals surface area contributed by atoms with Gasteiger partial charge in [-0.05, 0) is 48.2 Å². The van der Waals surface area contributed by atoms with Gasteiger partial charge in [-0.25, -0.2) is 25.3 Å². The number of aliphatic hydroxyl groups excluding tert-OH is 2. The molecule has 0 aliphatic rings. The summed E-state index contributed by atoms with van der Waals surface area (Å²) < 4.78 is 110. The van der Waals surface area contributed by atoms with Gasteiger partial charge in [-0.1, -0.05) is 6.07 Å². The van der Waals surface area contributed by atoms with Gasteiger partial charge in [0, 0.05) is 25.0 Å². The number of aryl methyl sites for hydroxylation is 1. The fraction of sp³-hybridized carbons (Fsp3) is 0.269. The van der Waals surface area contributed by atoms with Gasteiger partial charge in [-0.2, -0.15) is 19.3 Å². The van der Waals surface area contributed by atoms with E-state index in [1.165, 1.54) is 17.9 Å². The first kappa shape index (κ1) is 56.6. The number of phenols is 1. The van der Waals surface area contributed by atoms with Crippen molar-refractivity contribution < 1.29 is 187 Å². The quantitative estimate of drug-likeness (QED) is 0.0154. The molecule has 4 rings (SSSR count). The first-order valence-electron chi connectivity index (χ1n) is 14.4. The molecule has 0 spiro atoms. The van der Waals surface area contributed by atoms with Crippen LogP contribution in [-0.4, -0.2) is 108 Å². The van der Waals surface area contributed by atoms with Gasteiger partial charge in [-0.3, -0.25) is 5.04 Å². The minimum atomic E-state index is -5.23. The monoisotopic (exact) mass is 910 g/mol. The van der Waals surface area contributed by atoms with Gasteiger partial charge in [0.25, 0.3) is 0 Å². The van der Waals surface area contributed by atoms with E-state index in [0.717, 1.165) is 30.3 Å². The molecule has 23 nitrogen and oxygen atoms in total. The minimum absolute atomic E-state index is 0. The van der Waals surface area contributed by atoms with Crippen molar-refractivity contribution in [2.75, 3.05) is 54.1 Å². The molecule has 1 heterocycles. The number of aromatic hydroxyl groups is 1. The number of phenolic OH excluding ortho intramolecular Hbond substituents is 1. The molecule has 0 atom stereocenters. The molecule has 0 amide bonds. The Morgan fingerprint density at radius 3 is 2.05 bits per heavy atom. The Morgan fingerprint density at radius 1 is 0.860 bits per heavy atom. The predicted octanol–water partition coefficient (Wildman–Crippen LogP) is -12.0. The average Bonchev–Trinajstić information content (AvgIpc) is 3.05. The molecule has 0 aliphatic carbocycles. The zero-order valence-electron chi connectivity index (χ0n) is 30.8. The maximum Gasteiger partial charge on any atom is 1.00 e. The molecule has 0 saturated carbocycles. The van der Waals surface area contributed by atoms with E-state index in [0.29, 0.717) is 5.56 Å². The summed E-state index contributed by atoms with van der Waals surface area (Å²) in [6, 6.07) is 6.28. The molecule has 1 aromatic heterocycles. The van der Waals surface area contributed by atoms with Crippen molar-refractivity contribution in [2.24, 2.45) is 10.2 Å². The first-order chi connectivity index (χ1) is 24.8. The van der Waals surface area contributed by atoms with Crippen LogP contribution in [0.15, 0.2) is 61.3 Å². The van der Waals surface area contributed by atoms with E-state index in [4.69, 9.17) is 0 Å². The number of rotatable bonds is 18. The Morgan fingerprint density at radius 2 is 1.49 bits per heavy atom. The Kier molecular flexibility index (Phi) is 24.7. The van der Waals surface area contributed by atoms with Gasteiger partial charge in [0.05, 0.1) is 61.5 Å². The van der Waals surface area contributed by atoms with Gasteiger partial charge < -0.3 is 49.8 Å². The van der Waals surface area contributed by atoms with Crippen LogP contribution in [0.5, 0.6) is 5.75 Å². The molecule has 3 aromatic carbocycles. The van der Waals surface area contributed by atoms with E-state index in [2.05, 4.69) is 45.2 Å². The summed E-state index contributed by atoms with van der Waals surface area (Å²) in [6.45, 7) is -0.136. The summed E-state index contributed by atoms with van der Waals surface area (Å²) in [7, 11) is -15.0. The van der Waals surface area contributed by atoms with Crippen LogP contribution in [0.1, 0.15) is 5.56 Å². The van der Waals surface area contributed by atoms with Crippen molar-refractivity contribution >= 4 is 88.1 Å². The minimum Gasteiger partial charge on any atom is -0.748 e. The molecule has 0 bridgehead atoms. The number of benzene rings is 3. The van der Waals surface area contributed by atoms with E-state index in [-0.39, 0.29) is 171 Å². The second-order valence-electron chi connectivity index (χ2n) is 10.5. The number of hydrogen-bond donors (Lipinski definition) is 5. The van der Waals surface area contributed by atoms with Crippen LogP contribution in [0.2, 0.25) is 0 Å². The van der Waals surface area contributed by atoms with Crippen molar-refractivity contribution in [1.29, 1.82) is 0 Å². The Balaban J connectivity index is 0.00000784. The number of anilines is 4. The van der Waals surface area contributed by atoms with Crippen LogP contribution in [0, 0.1) is 6.92 Å². The number of hydrogen-bond acceptors (Lipinski definition) is 24. The second-order valence-corrected chi connectivity index (χ2v) is 15.5. The topological polar surface area (TPSA) is 364 Å². The molecule has 0 unspecified atom stereocenters. The number of nitrogens with one attached hydrogen (secondary N) is 2. The molecule has 31 heteroatoms. The molecule has 4 aromatic rings. The molecular weight excluding hydrogens is 885 g/mol. The number of fused-ring (bicyclic) bond motifs is 1. The Labute approximate surface area is 418 Å². The van der Waals surface area contributed by atoms with Crippen LogP contribution in [0.3, 0.4) is 0 Å². The summed E-state index contributed by atoms with van der Waals surface area (Å²) in [5, 5.41) is 56.9. The normalized spacial score (nSPS) is 11.6. The molecule has 0 radical (unpaired) electrons. The SMILES string of the molecule is Cc1ccc(N=Nc2c(SOO[O-])cc3cc(S(=O)(=O)[O-])cc(Nc4nc(NCCS(=O)(=O)[O-])nc(N(CCO)CCO)n4)c3c2O)c(S(=O)(=O)[O-])c1.[Na+].[Na+].[Na+].[Na+]. The zero-order valence-corrected chi connectivity index (χ0v) is 42.0. The second kappa shape index (κ2) is 24.9. The van der Waals surface area contributed by atoms with Crippen LogP contribution < -0.4 is 139 Å². The number of nitrogens with zero attached hydrogens (tertiary/aromatic N) is 6.